The van der Waals surface area contributed by atoms with Crippen molar-refractivity contribution in [2.45, 2.75) is 31.8 Å². The standard InChI is InChI=1S/C13H12ClFN4O3/c14-8-4-7(15)5-16-9(8)6-18-13(22)19-10(12(20)21)2-1-3-11(19)17-18/h4-5,10H,1-3,6H2,(H,20,21). The van der Waals surface area contributed by atoms with Crippen molar-refractivity contribution in [1.82, 2.24) is 19.3 Å². The number of carboxylic acid groups (broad SMARTS) is 1. The molecule has 2 aromatic rings. The molecule has 1 unspecified atom stereocenters. The number of carbonyl (C=O) groups is 1. The first-order chi connectivity index (χ1) is 10.5. The number of hydrogen-bond donors (Lipinski definition) is 1. The molecule has 0 saturated heterocycles. The van der Waals surface area contributed by atoms with Gasteiger partial charge in [0.15, 0.2) is 0 Å². The quantitative estimate of drug-likeness (QED) is 0.916. The van der Waals surface area contributed by atoms with Gasteiger partial charge in [-0.2, -0.15) is 5.10 Å². The Morgan fingerprint density at radius 3 is 3.00 bits per heavy atom. The van der Waals surface area contributed by atoms with Gasteiger partial charge in [-0.15, -0.1) is 0 Å². The predicted molar refractivity (Wildman–Crippen MR) is 74.4 cm³/mol. The number of aryl methyl sites for hydroxylation is 1. The Kier molecular flexibility index (Phi) is 3.69. The number of halogens is 2. The van der Waals surface area contributed by atoms with Crippen LogP contribution in [-0.4, -0.2) is 30.4 Å². The van der Waals surface area contributed by atoms with Gasteiger partial charge in [-0.25, -0.2) is 18.7 Å². The van der Waals surface area contributed by atoms with E-state index in [1.807, 2.05) is 0 Å². The van der Waals surface area contributed by atoms with E-state index in [-0.39, 0.29) is 11.6 Å². The van der Waals surface area contributed by atoms with Crippen LogP contribution in [-0.2, 0) is 17.8 Å². The van der Waals surface area contributed by atoms with Crippen LogP contribution in [0.2, 0.25) is 5.02 Å². The summed E-state index contributed by atoms with van der Waals surface area (Å²) in [6.45, 7) is -0.0374. The van der Waals surface area contributed by atoms with E-state index in [0.29, 0.717) is 30.8 Å². The van der Waals surface area contributed by atoms with Gasteiger partial charge in [0.25, 0.3) is 0 Å². The normalized spacial score (nSPS) is 17.3. The molecule has 1 N–H and O–H groups in total. The molecular formula is C13H12ClFN4O3. The third kappa shape index (κ3) is 2.50. The monoisotopic (exact) mass is 326 g/mol. The maximum Gasteiger partial charge on any atom is 0.347 e. The van der Waals surface area contributed by atoms with Crippen molar-refractivity contribution < 1.29 is 14.3 Å². The van der Waals surface area contributed by atoms with Gasteiger partial charge in [0.2, 0.25) is 0 Å². The minimum absolute atomic E-state index is 0.0374. The molecule has 22 heavy (non-hydrogen) atoms. The van der Waals surface area contributed by atoms with Gasteiger partial charge in [-0.05, 0) is 18.9 Å². The van der Waals surface area contributed by atoms with Crippen LogP contribution in [0.15, 0.2) is 17.1 Å². The molecule has 1 atom stereocenters. The number of hydrogen-bond acceptors (Lipinski definition) is 4. The fourth-order valence-electron chi connectivity index (χ4n) is 2.57. The summed E-state index contributed by atoms with van der Waals surface area (Å²) >= 11 is 5.89. The van der Waals surface area contributed by atoms with E-state index in [2.05, 4.69) is 10.1 Å². The average molecular weight is 327 g/mol. The molecule has 3 rings (SSSR count). The van der Waals surface area contributed by atoms with Crippen LogP contribution in [0, 0.1) is 5.82 Å². The second-order valence-corrected chi connectivity index (χ2v) is 5.46. The van der Waals surface area contributed by atoms with Crippen LogP contribution in [0.5, 0.6) is 0 Å². The first-order valence-electron chi connectivity index (χ1n) is 6.68. The summed E-state index contributed by atoms with van der Waals surface area (Å²) in [6, 6.07) is 0.201. The molecule has 0 saturated carbocycles. The summed E-state index contributed by atoms with van der Waals surface area (Å²) in [6.07, 6.45) is 2.59. The molecule has 3 heterocycles. The molecule has 0 spiro atoms. The highest BCUT2D eigenvalue weighted by Crippen LogP contribution is 2.22. The van der Waals surface area contributed by atoms with E-state index >= 15 is 0 Å². The van der Waals surface area contributed by atoms with Gasteiger partial charge < -0.3 is 5.11 Å². The summed E-state index contributed by atoms with van der Waals surface area (Å²) < 4.78 is 15.3. The summed E-state index contributed by atoms with van der Waals surface area (Å²) in [4.78, 5) is 27.5. The minimum Gasteiger partial charge on any atom is -0.480 e. The van der Waals surface area contributed by atoms with Gasteiger partial charge in [-0.1, -0.05) is 11.6 Å². The second-order valence-electron chi connectivity index (χ2n) is 5.05. The molecule has 0 radical (unpaired) electrons. The lowest BCUT2D eigenvalue weighted by Gasteiger charge is -2.19. The van der Waals surface area contributed by atoms with Crippen molar-refractivity contribution in [3.8, 4) is 0 Å². The maximum atomic E-state index is 13.0. The molecule has 1 aliphatic heterocycles. The lowest BCUT2D eigenvalue weighted by Crippen LogP contribution is -2.34. The van der Waals surface area contributed by atoms with Crippen LogP contribution >= 0.6 is 11.6 Å². The topological polar surface area (TPSA) is 90.0 Å². The number of aliphatic carboxylic acids is 1. The van der Waals surface area contributed by atoms with Crippen LogP contribution in [0.25, 0.3) is 0 Å². The summed E-state index contributed by atoms with van der Waals surface area (Å²) in [5.41, 5.74) is -0.225. The second kappa shape index (κ2) is 5.53. The van der Waals surface area contributed by atoms with Crippen LogP contribution < -0.4 is 5.69 Å². The van der Waals surface area contributed by atoms with Gasteiger partial charge in [0.1, 0.15) is 17.7 Å². The first kappa shape index (κ1) is 14.7. The molecule has 0 bridgehead atoms. The highest BCUT2D eigenvalue weighted by molar-refractivity contribution is 6.31. The van der Waals surface area contributed by atoms with Crippen LogP contribution in [0.3, 0.4) is 0 Å². The molecule has 2 aromatic heterocycles. The molecule has 0 amide bonds. The number of pyridine rings is 1. The Labute approximate surface area is 129 Å². The van der Waals surface area contributed by atoms with Crippen LogP contribution in [0.4, 0.5) is 4.39 Å². The van der Waals surface area contributed by atoms with Gasteiger partial charge in [0.05, 0.1) is 23.5 Å². The minimum atomic E-state index is -1.06. The highest BCUT2D eigenvalue weighted by atomic mass is 35.5. The SMILES string of the molecule is O=C(O)C1CCCc2nn(Cc3ncc(F)cc3Cl)c(=O)n21. The molecule has 0 aromatic carbocycles. The highest BCUT2D eigenvalue weighted by Gasteiger charge is 2.30. The van der Waals surface area contributed by atoms with Crippen molar-refractivity contribution in [3.05, 3.63) is 45.1 Å². The Hall–Kier alpha value is -2.22. The summed E-state index contributed by atoms with van der Waals surface area (Å²) in [5, 5.41) is 13.5. The fourth-order valence-corrected chi connectivity index (χ4v) is 2.78. The van der Waals surface area contributed by atoms with Crippen molar-refractivity contribution in [2.24, 2.45) is 0 Å². The molecule has 9 heteroatoms. The van der Waals surface area contributed by atoms with Crippen molar-refractivity contribution in [2.75, 3.05) is 0 Å². The number of aromatic nitrogens is 4. The largest absolute Gasteiger partial charge is 0.480 e. The van der Waals surface area contributed by atoms with E-state index in [0.717, 1.165) is 16.9 Å². The average Bonchev–Trinajstić information content (AvgIpc) is 2.78. The van der Waals surface area contributed by atoms with Crippen LogP contribution in [0.1, 0.15) is 30.4 Å². The number of carboxylic acids is 1. The maximum absolute atomic E-state index is 13.0. The van der Waals surface area contributed by atoms with Gasteiger partial charge in [-0.3, -0.25) is 9.55 Å². The molecule has 1 aliphatic rings. The number of fused-ring (bicyclic) bond motifs is 1. The number of nitrogens with zero attached hydrogens (tertiary/aromatic N) is 4. The summed E-state index contributed by atoms with van der Waals surface area (Å²) in [7, 11) is 0. The smallest absolute Gasteiger partial charge is 0.347 e. The zero-order valence-electron chi connectivity index (χ0n) is 11.4. The van der Waals surface area contributed by atoms with Crippen molar-refractivity contribution in [1.29, 1.82) is 0 Å². The molecular weight excluding hydrogens is 315 g/mol. The fraction of sp³-hybridized carbons (Fsp3) is 0.385. The molecule has 0 fully saturated rings. The Morgan fingerprint density at radius 2 is 2.32 bits per heavy atom. The molecule has 116 valence electrons. The molecule has 0 aliphatic carbocycles. The zero-order valence-corrected chi connectivity index (χ0v) is 12.1. The van der Waals surface area contributed by atoms with E-state index < -0.39 is 23.5 Å². The lowest BCUT2D eigenvalue weighted by molar-refractivity contribution is -0.141. The Balaban J connectivity index is 2.00. The van der Waals surface area contributed by atoms with E-state index in [9.17, 15) is 19.1 Å². The lowest BCUT2D eigenvalue weighted by atomic mass is 10.1. The third-order valence-corrected chi connectivity index (χ3v) is 3.93. The third-order valence-electron chi connectivity index (χ3n) is 3.60. The van der Waals surface area contributed by atoms with Gasteiger partial charge in [0, 0.05) is 6.42 Å². The number of rotatable bonds is 3. The van der Waals surface area contributed by atoms with Crippen molar-refractivity contribution in [3.63, 3.8) is 0 Å². The van der Waals surface area contributed by atoms with Crippen molar-refractivity contribution >= 4 is 17.6 Å². The zero-order chi connectivity index (χ0) is 15.9. The first-order valence-corrected chi connectivity index (χ1v) is 7.06. The van der Waals surface area contributed by atoms with Gasteiger partial charge >= 0.3 is 11.7 Å². The van der Waals surface area contributed by atoms with E-state index in [1.165, 1.54) is 4.57 Å². The predicted octanol–water partition coefficient (Wildman–Crippen LogP) is 1.24. The van der Waals surface area contributed by atoms with E-state index in [1.54, 1.807) is 0 Å². The molecule has 7 nitrogen and oxygen atoms in total. The Bertz CT molecular complexity index is 801. The summed E-state index contributed by atoms with van der Waals surface area (Å²) in [5.74, 6) is -1.20. The van der Waals surface area contributed by atoms with E-state index in [4.69, 9.17) is 11.6 Å². The Morgan fingerprint density at radius 1 is 1.55 bits per heavy atom.